The molecule has 5 N–H and O–H groups in total. The molecule has 1 aliphatic carbocycles. The van der Waals surface area contributed by atoms with E-state index in [-0.39, 0.29) is 24.2 Å². The molecular weight excluding hydrogens is 366 g/mol. The molecule has 2 heterocycles. The first-order valence-electron chi connectivity index (χ1n) is 8.99. The molecule has 0 spiro atoms. The molecule has 0 aromatic carbocycles. The van der Waals surface area contributed by atoms with Crippen LogP contribution in [-0.2, 0) is 16.1 Å². The van der Waals surface area contributed by atoms with Crippen LogP contribution in [0.2, 0.25) is 0 Å². The second kappa shape index (κ2) is 10.9. The summed E-state index contributed by atoms with van der Waals surface area (Å²) in [4.78, 5) is 35.5. The summed E-state index contributed by atoms with van der Waals surface area (Å²) in [5.41, 5.74) is 0.513. The largest absolute Gasteiger partial charge is 0.483 e. The minimum Gasteiger partial charge on any atom is -0.483 e. The van der Waals surface area contributed by atoms with E-state index in [1.807, 2.05) is 16.9 Å². The number of carboxylic acid groups (broad SMARTS) is 1. The zero-order chi connectivity index (χ0) is 20.4. The van der Waals surface area contributed by atoms with Gasteiger partial charge in [-0.3, -0.25) is 19.1 Å². The molecule has 1 aliphatic rings. The van der Waals surface area contributed by atoms with Crippen LogP contribution in [-0.4, -0.2) is 62.0 Å². The topological polar surface area (TPSA) is 149 Å². The summed E-state index contributed by atoms with van der Waals surface area (Å²) in [6.07, 6.45) is 7.76. The van der Waals surface area contributed by atoms with Gasteiger partial charge in [0.1, 0.15) is 0 Å². The fourth-order valence-corrected chi connectivity index (χ4v) is 3.13. The maximum absolute atomic E-state index is 12.2. The van der Waals surface area contributed by atoms with Crippen molar-refractivity contribution in [2.45, 2.75) is 38.0 Å². The molecule has 0 saturated heterocycles. The number of aliphatic hydroxyl groups excluding tert-OH is 1. The average Bonchev–Trinajstić information content (AvgIpc) is 3.42. The van der Waals surface area contributed by atoms with Gasteiger partial charge >= 0.3 is 0 Å². The third kappa shape index (κ3) is 6.23. The summed E-state index contributed by atoms with van der Waals surface area (Å²) < 4.78 is 1.82. The number of aliphatic hydroxyl groups is 1. The molecule has 0 radical (unpaired) electrons. The minimum absolute atomic E-state index is 0.0714. The summed E-state index contributed by atoms with van der Waals surface area (Å²) in [6.45, 7) is 1.06. The van der Waals surface area contributed by atoms with E-state index in [9.17, 15) is 14.7 Å². The molecule has 0 unspecified atom stereocenters. The van der Waals surface area contributed by atoms with Gasteiger partial charge in [-0.25, -0.2) is 0 Å². The van der Waals surface area contributed by atoms with E-state index in [1.54, 1.807) is 24.7 Å². The van der Waals surface area contributed by atoms with Gasteiger partial charge in [0.2, 0.25) is 5.91 Å². The van der Waals surface area contributed by atoms with Crippen LogP contribution in [0.15, 0.2) is 36.9 Å². The SMILES string of the molecule is O=C(N[C@H]1C[C@H](C(=O)NCCCn2cccn2)C[C@@H]1O)c1cc[nH]c1.O=CO. The van der Waals surface area contributed by atoms with Gasteiger partial charge in [0, 0.05) is 43.8 Å². The normalized spacial score (nSPS) is 20.7. The molecular formula is C18H25N5O5. The highest BCUT2D eigenvalue weighted by Gasteiger charge is 2.37. The lowest BCUT2D eigenvalue weighted by atomic mass is 10.1. The lowest BCUT2D eigenvalue weighted by molar-refractivity contribution is -0.125. The first kappa shape index (κ1) is 21.2. The number of carbonyl (C=O) groups excluding carboxylic acids is 2. The van der Waals surface area contributed by atoms with Crippen LogP contribution in [0.5, 0.6) is 0 Å². The molecule has 1 saturated carbocycles. The lowest BCUT2D eigenvalue weighted by Crippen LogP contribution is -2.40. The van der Waals surface area contributed by atoms with Crippen LogP contribution in [0.4, 0.5) is 0 Å². The molecule has 3 atom stereocenters. The Morgan fingerprint density at radius 2 is 2.18 bits per heavy atom. The second-order valence-corrected chi connectivity index (χ2v) is 6.43. The van der Waals surface area contributed by atoms with E-state index < -0.39 is 12.1 Å². The fourth-order valence-electron chi connectivity index (χ4n) is 3.13. The molecule has 0 aliphatic heterocycles. The van der Waals surface area contributed by atoms with Gasteiger partial charge in [-0.05, 0) is 31.4 Å². The van der Waals surface area contributed by atoms with Crippen molar-refractivity contribution in [1.29, 1.82) is 0 Å². The fraction of sp³-hybridized carbons (Fsp3) is 0.444. The van der Waals surface area contributed by atoms with Crippen LogP contribution in [0.1, 0.15) is 29.6 Å². The van der Waals surface area contributed by atoms with Gasteiger partial charge < -0.3 is 25.8 Å². The number of hydrogen-bond donors (Lipinski definition) is 5. The van der Waals surface area contributed by atoms with E-state index in [0.29, 0.717) is 24.9 Å². The van der Waals surface area contributed by atoms with Crippen molar-refractivity contribution >= 4 is 18.3 Å². The summed E-state index contributed by atoms with van der Waals surface area (Å²) in [5.74, 6) is -0.597. The highest BCUT2D eigenvalue weighted by atomic mass is 16.3. The monoisotopic (exact) mass is 391 g/mol. The number of rotatable bonds is 7. The maximum Gasteiger partial charge on any atom is 0.290 e. The van der Waals surface area contributed by atoms with Gasteiger partial charge in [0.15, 0.2) is 0 Å². The number of amides is 2. The van der Waals surface area contributed by atoms with E-state index in [2.05, 4.69) is 20.7 Å². The Hall–Kier alpha value is -3.14. The van der Waals surface area contributed by atoms with E-state index in [4.69, 9.17) is 9.90 Å². The molecule has 10 nitrogen and oxygen atoms in total. The Morgan fingerprint density at radius 3 is 2.82 bits per heavy atom. The van der Waals surface area contributed by atoms with Crippen molar-refractivity contribution in [3.63, 3.8) is 0 Å². The zero-order valence-electron chi connectivity index (χ0n) is 15.3. The first-order chi connectivity index (χ1) is 13.5. The number of carbonyl (C=O) groups is 3. The number of hydrogen-bond acceptors (Lipinski definition) is 5. The number of aromatic amines is 1. The predicted molar refractivity (Wildman–Crippen MR) is 99.3 cm³/mol. The molecule has 3 rings (SSSR count). The number of nitrogens with zero attached hydrogens (tertiary/aromatic N) is 2. The van der Waals surface area contributed by atoms with Crippen molar-refractivity contribution in [3.8, 4) is 0 Å². The van der Waals surface area contributed by atoms with Crippen molar-refractivity contribution < 1.29 is 24.6 Å². The Balaban J connectivity index is 0.000000878. The van der Waals surface area contributed by atoms with Gasteiger partial charge in [-0.2, -0.15) is 5.10 Å². The number of aryl methyl sites for hydroxylation is 1. The zero-order valence-corrected chi connectivity index (χ0v) is 15.3. The van der Waals surface area contributed by atoms with Crippen molar-refractivity contribution in [2.24, 2.45) is 5.92 Å². The van der Waals surface area contributed by atoms with Gasteiger partial charge in [-0.15, -0.1) is 0 Å². The molecule has 10 heteroatoms. The Kier molecular flexibility index (Phi) is 8.22. The molecule has 2 amide bonds. The summed E-state index contributed by atoms with van der Waals surface area (Å²) in [5, 5.41) is 26.8. The third-order valence-electron chi connectivity index (χ3n) is 4.50. The summed E-state index contributed by atoms with van der Waals surface area (Å²) in [6, 6.07) is 3.13. The first-order valence-corrected chi connectivity index (χ1v) is 8.99. The Morgan fingerprint density at radius 1 is 1.39 bits per heavy atom. The van der Waals surface area contributed by atoms with Crippen LogP contribution in [0.3, 0.4) is 0 Å². The van der Waals surface area contributed by atoms with Crippen LogP contribution in [0, 0.1) is 5.92 Å². The number of nitrogens with one attached hydrogen (secondary N) is 3. The van der Waals surface area contributed by atoms with Crippen LogP contribution >= 0.6 is 0 Å². The molecule has 0 bridgehead atoms. The van der Waals surface area contributed by atoms with Crippen molar-refractivity contribution in [3.05, 3.63) is 42.5 Å². The predicted octanol–water partition coefficient (Wildman–Crippen LogP) is -0.0122. The highest BCUT2D eigenvalue weighted by Crippen LogP contribution is 2.26. The molecule has 1 fully saturated rings. The number of aromatic nitrogens is 3. The van der Waals surface area contributed by atoms with Crippen LogP contribution < -0.4 is 10.6 Å². The summed E-state index contributed by atoms with van der Waals surface area (Å²) >= 11 is 0. The van der Waals surface area contributed by atoms with Gasteiger partial charge in [0.05, 0.1) is 17.7 Å². The molecule has 28 heavy (non-hydrogen) atoms. The van der Waals surface area contributed by atoms with Crippen molar-refractivity contribution in [1.82, 2.24) is 25.4 Å². The maximum atomic E-state index is 12.2. The molecule has 2 aromatic heterocycles. The van der Waals surface area contributed by atoms with E-state index in [1.165, 1.54) is 0 Å². The third-order valence-corrected chi connectivity index (χ3v) is 4.50. The molecule has 2 aromatic rings. The van der Waals surface area contributed by atoms with Gasteiger partial charge in [-0.1, -0.05) is 0 Å². The minimum atomic E-state index is -0.706. The molecule has 152 valence electrons. The van der Waals surface area contributed by atoms with Crippen molar-refractivity contribution in [2.75, 3.05) is 6.54 Å². The highest BCUT2D eigenvalue weighted by molar-refractivity contribution is 5.94. The van der Waals surface area contributed by atoms with Gasteiger partial charge in [0.25, 0.3) is 12.4 Å². The smallest absolute Gasteiger partial charge is 0.290 e. The standard InChI is InChI=1S/C17H23N5O3.CH2O2/c23-15-10-13(9-14(15)21-17(25)12-3-6-18-11-12)16(24)19-4-1-7-22-8-2-5-20-22;2-1-3/h2-3,5-6,8,11,13-15,18,23H,1,4,7,9-10H2,(H,19,24)(H,21,25);1H,(H,2,3)/t13-,14-,15-;/m0./s1. The Bertz CT molecular complexity index is 732. The quantitative estimate of drug-likeness (QED) is 0.331. The number of H-pyrrole nitrogens is 1. The summed E-state index contributed by atoms with van der Waals surface area (Å²) in [7, 11) is 0. The Labute approximate surface area is 161 Å². The van der Waals surface area contributed by atoms with Crippen LogP contribution in [0.25, 0.3) is 0 Å². The van der Waals surface area contributed by atoms with E-state index >= 15 is 0 Å². The second-order valence-electron chi connectivity index (χ2n) is 6.43. The van der Waals surface area contributed by atoms with E-state index in [0.717, 1.165) is 13.0 Å². The average molecular weight is 391 g/mol. The lowest BCUT2D eigenvalue weighted by Gasteiger charge is -2.15.